The van der Waals surface area contributed by atoms with Gasteiger partial charge in [0.05, 0.1) is 0 Å². The topological polar surface area (TPSA) is 49.8 Å². The van der Waals surface area contributed by atoms with E-state index < -0.39 is 0 Å². The Morgan fingerprint density at radius 2 is 1.63 bits per heavy atom. The highest BCUT2D eigenvalue weighted by molar-refractivity contribution is 5.46. The summed E-state index contributed by atoms with van der Waals surface area (Å²) in [6.45, 7) is 13.4. The largest absolute Gasteiger partial charge is 0.370 e. The van der Waals surface area contributed by atoms with Gasteiger partial charge < -0.3 is 10.6 Å². The maximum absolute atomic E-state index is 4.28. The van der Waals surface area contributed by atoms with E-state index in [-0.39, 0.29) is 0 Å². The molecule has 0 radical (unpaired) electrons. The quantitative estimate of drug-likeness (QED) is 0.825. The monoisotopic (exact) mass is 262 g/mol. The average molecular weight is 262 g/mol. The molecule has 0 aliphatic heterocycles. The first-order valence-electron chi connectivity index (χ1n) is 7.19. The van der Waals surface area contributed by atoms with Crippen LogP contribution < -0.4 is 10.6 Å². The average Bonchev–Trinajstić information content (AvgIpc) is 2.75. The Bertz CT molecular complexity index is 426. The van der Waals surface area contributed by atoms with Crippen molar-refractivity contribution >= 4 is 11.6 Å². The van der Waals surface area contributed by atoms with E-state index in [0.29, 0.717) is 16.7 Å². The zero-order valence-electron chi connectivity index (χ0n) is 12.7. The summed E-state index contributed by atoms with van der Waals surface area (Å²) in [5.41, 5.74) is 0.826. The van der Waals surface area contributed by atoms with Crippen LogP contribution >= 0.6 is 0 Å². The van der Waals surface area contributed by atoms with Crippen LogP contribution in [0.15, 0.2) is 12.4 Å². The van der Waals surface area contributed by atoms with Crippen molar-refractivity contribution in [1.82, 2.24) is 9.97 Å². The van der Waals surface area contributed by atoms with E-state index in [0.717, 1.165) is 31.1 Å². The van der Waals surface area contributed by atoms with Crippen LogP contribution in [0.2, 0.25) is 0 Å². The molecule has 0 bridgehead atoms. The van der Waals surface area contributed by atoms with Crippen LogP contribution in [0.25, 0.3) is 0 Å². The van der Waals surface area contributed by atoms with Crippen LogP contribution in [0.4, 0.5) is 11.6 Å². The van der Waals surface area contributed by atoms with E-state index in [4.69, 9.17) is 0 Å². The summed E-state index contributed by atoms with van der Waals surface area (Å²) < 4.78 is 0. The van der Waals surface area contributed by atoms with E-state index in [9.17, 15) is 0 Å². The van der Waals surface area contributed by atoms with Gasteiger partial charge in [-0.1, -0.05) is 34.6 Å². The van der Waals surface area contributed by atoms with E-state index in [1.807, 2.05) is 6.07 Å². The lowest BCUT2D eigenvalue weighted by Gasteiger charge is -2.08. The van der Waals surface area contributed by atoms with Gasteiger partial charge in [0.15, 0.2) is 0 Å². The Morgan fingerprint density at radius 3 is 2.16 bits per heavy atom. The molecule has 0 amide bonds. The van der Waals surface area contributed by atoms with Crippen LogP contribution in [0.5, 0.6) is 0 Å². The molecule has 4 nitrogen and oxygen atoms in total. The number of rotatable bonds is 6. The van der Waals surface area contributed by atoms with E-state index in [1.54, 1.807) is 6.33 Å². The molecule has 2 N–H and O–H groups in total. The van der Waals surface area contributed by atoms with Crippen LogP contribution in [0, 0.1) is 16.7 Å². The number of nitrogens with one attached hydrogen (secondary N) is 2. The van der Waals surface area contributed by atoms with Crippen LogP contribution in [-0.4, -0.2) is 23.1 Å². The Labute approximate surface area is 116 Å². The van der Waals surface area contributed by atoms with Crippen molar-refractivity contribution in [1.29, 1.82) is 0 Å². The zero-order chi connectivity index (χ0) is 14.1. The molecule has 1 saturated carbocycles. The van der Waals surface area contributed by atoms with Crippen molar-refractivity contribution < 1.29 is 0 Å². The second-order valence-electron chi connectivity index (χ2n) is 6.59. The van der Waals surface area contributed by atoms with Gasteiger partial charge in [-0.15, -0.1) is 0 Å². The van der Waals surface area contributed by atoms with Gasteiger partial charge in [0.25, 0.3) is 0 Å². The first kappa shape index (κ1) is 14.1. The number of aromatic nitrogens is 2. The lowest BCUT2D eigenvalue weighted by Crippen LogP contribution is -2.10. The minimum absolute atomic E-state index is 0.413. The van der Waals surface area contributed by atoms with Gasteiger partial charge in [-0.2, -0.15) is 0 Å². The highest BCUT2D eigenvalue weighted by Gasteiger charge is 2.64. The maximum Gasteiger partial charge on any atom is 0.131 e. The second-order valence-corrected chi connectivity index (χ2v) is 6.59. The number of hydrogen-bond acceptors (Lipinski definition) is 4. The van der Waals surface area contributed by atoms with E-state index in [2.05, 4.69) is 55.2 Å². The molecule has 1 aromatic rings. The maximum atomic E-state index is 4.28. The van der Waals surface area contributed by atoms with Crippen LogP contribution in [0.1, 0.15) is 41.0 Å². The van der Waals surface area contributed by atoms with E-state index in [1.165, 1.54) is 0 Å². The summed E-state index contributed by atoms with van der Waals surface area (Å²) in [6.07, 6.45) is 2.71. The van der Waals surface area contributed by atoms with Crippen molar-refractivity contribution in [3.05, 3.63) is 12.4 Å². The number of nitrogens with zero attached hydrogens (tertiary/aromatic N) is 2. The molecule has 1 aliphatic carbocycles. The molecule has 106 valence electrons. The molecular formula is C15H26N4. The molecule has 0 aromatic carbocycles. The number of anilines is 2. The highest BCUT2D eigenvalue weighted by atomic mass is 15.1. The first-order chi connectivity index (χ1) is 8.89. The summed E-state index contributed by atoms with van der Waals surface area (Å²) in [7, 11) is 0. The molecular weight excluding hydrogens is 236 g/mol. The summed E-state index contributed by atoms with van der Waals surface area (Å²) in [5, 5.41) is 6.72. The predicted octanol–water partition coefficient (Wildman–Crippen LogP) is 3.39. The third-order valence-electron chi connectivity index (χ3n) is 5.03. The summed E-state index contributed by atoms with van der Waals surface area (Å²) in [4.78, 5) is 8.50. The molecule has 1 heterocycles. The number of hydrogen-bond donors (Lipinski definition) is 2. The second kappa shape index (κ2) is 4.99. The van der Waals surface area contributed by atoms with Crippen molar-refractivity contribution in [2.45, 2.75) is 41.0 Å². The normalized spacial score (nSPS) is 20.1. The first-order valence-corrected chi connectivity index (χ1v) is 7.19. The molecule has 1 fully saturated rings. The summed E-state index contributed by atoms with van der Waals surface area (Å²) >= 11 is 0. The van der Waals surface area contributed by atoms with Crippen LogP contribution in [-0.2, 0) is 0 Å². The predicted molar refractivity (Wildman–Crippen MR) is 80.4 cm³/mol. The third-order valence-corrected chi connectivity index (χ3v) is 5.03. The van der Waals surface area contributed by atoms with Crippen molar-refractivity contribution in [3.63, 3.8) is 0 Å². The third kappa shape index (κ3) is 2.67. The minimum Gasteiger partial charge on any atom is -0.370 e. The van der Waals surface area contributed by atoms with Gasteiger partial charge in [-0.25, -0.2) is 9.97 Å². The van der Waals surface area contributed by atoms with Gasteiger partial charge in [0, 0.05) is 19.2 Å². The fraction of sp³-hybridized carbons (Fsp3) is 0.733. The highest BCUT2D eigenvalue weighted by Crippen LogP contribution is 2.68. The molecule has 0 spiro atoms. The lowest BCUT2D eigenvalue weighted by molar-refractivity contribution is 0.457. The Balaban J connectivity index is 1.90. The van der Waals surface area contributed by atoms with Gasteiger partial charge in [-0.3, -0.25) is 0 Å². The van der Waals surface area contributed by atoms with Gasteiger partial charge >= 0.3 is 0 Å². The van der Waals surface area contributed by atoms with Gasteiger partial charge in [0.1, 0.15) is 18.0 Å². The molecule has 0 unspecified atom stereocenters. The molecule has 4 heteroatoms. The molecule has 0 saturated heterocycles. The van der Waals surface area contributed by atoms with E-state index >= 15 is 0 Å². The Kier molecular flexibility index (Phi) is 3.70. The lowest BCUT2D eigenvalue weighted by atomic mass is 10.0. The standard InChI is InChI=1S/C15H26N4/c1-6-7-16-12-8-13(19-10-18-12)17-9-11-14(2,3)15(11,4)5/h8,10-11H,6-7,9H2,1-5H3,(H2,16,17,18,19). The molecule has 1 aromatic heterocycles. The Hall–Kier alpha value is -1.32. The summed E-state index contributed by atoms with van der Waals surface area (Å²) in [5.74, 6) is 2.50. The van der Waals surface area contributed by atoms with Crippen molar-refractivity contribution in [3.8, 4) is 0 Å². The van der Waals surface area contributed by atoms with Crippen molar-refractivity contribution in [2.24, 2.45) is 16.7 Å². The molecule has 1 aliphatic rings. The van der Waals surface area contributed by atoms with Gasteiger partial charge in [0.2, 0.25) is 0 Å². The Morgan fingerprint density at radius 1 is 1.05 bits per heavy atom. The minimum atomic E-state index is 0.413. The summed E-state index contributed by atoms with van der Waals surface area (Å²) in [6, 6.07) is 1.98. The molecule has 2 rings (SSSR count). The van der Waals surface area contributed by atoms with Gasteiger partial charge in [-0.05, 0) is 23.2 Å². The fourth-order valence-corrected chi connectivity index (χ4v) is 2.85. The molecule has 19 heavy (non-hydrogen) atoms. The smallest absolute Gasteiger partial charge is 0.131 e. The molecule has 0 atom stereocenters. The zero-order valence-corrected chi connectivity index (χ0v) is 12.7. The fourth-order valence-electron chi connectivity index (χ4n) is 2.85. The SMILES string of the molecule is CCCNc1cc(NCC2C(C)(C)C2(C)C)ncn1. The van der Waals surface area contributed by atoms with Crippen LogP contribution in [0.3, 0.4) is 0 Å². The van der Waals surface area contributed by atoms with Crippen molar-refractivity contribution in [2.75, 3.05) is 23.7 Å².